The van der Waals surface area contributed by atoms with E-state index in [0.717, 1.165) is 11.3 Å². The van der Waals surface area contributed by atoms with E-state index in [2.05, 4.69) is 0 Å². The summed E-state index contributed by atoms with van der Waals surface area (Å²) in [4.78, 5) is 41.2. The first-order chi connectivity index (χ1) is 11.5. The number of likely N-dealkylation sites (tertiary alicyclic amines) is 1. The maximum Gasteiger partial charge on any atom is 0.262 e. The van der Waals surface area contributed by atoms with Gasteiger partial charge in [0.1, 0.15) is 6.04 Å². The molecule has 0 N–H and O–H groups in total. The third-order valence-corrected chi connectivity index (χ3v) is 4.78. The highest BCUT2D eigenvalue weighted by Crippen LogP contribution is 2.28. The standard InChI is InChI=1S/C18H22N2O4/c1-11(2)15(18(23)19-9-8-12(10-19)24-3)20-16(21)13-6-4-5-7-14(13)17(20)22/h4-7,11-12,15H,8-10H2,1-3H3. The van der Waals surface area contributed by atoms with Gasteiger partial charge < -0.3 is 9.64 Å². The van der Waals surface area contributed by atoms with Gasteiger partial charge in [0, 0.05) is 20.2 Å². The Balaban J connectivity index is 1.89. The summed E-state index contributed by atoms with van der Waals surface area (Å²) in [6.45, 7) is 4.80. The van der Waals surface area contributed by atoms with Crippen molar-refractivity contribution in [3.8, 4) is 0 Å². The van der Waals surface area contributed by atoms with Crippen molar-refractivity contribution in [2.75, 3.05) is 20.2 Å². The second kappa shape index (κ2) is 6.36. The van der Waals surface area contributed by atoms with Gasteiger partial charge in [-0.15, -0.1) is 0 Å². The quantitative estimate of drug-likeness (QED) is 0.786. The number of rotatable bonds is 4. The smallest absolute Gasteiger partial charge is 0.262 e. The number of hydrogen-bond donors (Lipinski definition) is 0. The van der Waals surface area contributed by atoms with Crippen LogP contribution in [0.3, 0.4) is 0 Å². The molecule has 0 spiro atoms. The van der Waals surface area contributed by atoms with Crippen LogP contribution in [-0.4, -0.2) is 59.9 Å². The van der Waals surface area contributed by atoms with Crippen molar-refractivity contribution in [2.45, 2.75) is 32.4 Å². The van der Waals surface area contributed by atoms with Gasteiger partial charge in [0.15, 0.2) is 0 Å². The Hall–Kier alpha value is -2.21. The normalized spacial score (nSPS) is 21.6. The highest BCUT2D eigenvalue weighted by Gasteiger charge is 2.45. The highest BCUT2D eigenvalue weighted by molar-refractivity contribution is 6.22. The minimum Gasteiger partial charge on any atom is -0.380 e. The zero-order valence-corrected chi connectivity index (χ0v) is 14.2. The lowest BCUT2D eigenvalue weighted by molar-refractivity contribution is -0.136. The largest absolute Gasteiger partial charge is 0.380 e. The van der Waals surface area contributed by atoms with Crippen molar-refractivity contribution in [2.24, 2.45) is 5.92 Å². The van der Waals surface area contributed by atoms with Crippen LogP contribution in [0.25, 0.3) is 0 Å². The maximum atomic E-state index is 13.0. The topological polar surface area (TPSA) is 66.9 Å². The molecular formula is C18H22N2O4. The molecule has 1 fully saturated rings. The molecule has 1 saturated heterocycles. The number of nitrogens with zero attached hydrogens (tertiary/aromatic N) is 2. The summed E-state index contributed by atoms with van der Waals surface area (Å²) in [5.74, 6) is -1.12. The number of carbonyl (C=O) groups is 3. The van der Waals surface area contributed by atoms with Crippen molar-refractivity contribution in [1.29, 1.82) is 0 Å². The molecule has 2 atom stereocenters. The molecule has 1 aromatic rings. The van der Waals surface area contributed by atoms with Gasteiger partial charge in [-0.1, -0.05) is 26.0 Å². The fourth-order valence-electron chi connectivity index (χ4n) is 3.46. The van der Waals surface area contributed by atoms with E-state index in [9.17, 15) is 14.4 Å². The first-order valence-electron chi connectivity index (χ1n) is 8.24. The number of hydrogen-bond acceptors (Lipinski definition) is 4. The number of ether oxygens (including phenoxy) is 1. The van der Waals surface area contributed by atoms with Crippen LogP contribution in [0.4, 0.5) is 0 Å². The molecule has 0 aromatic heterocycles. The van der Waals surface area contributed by atoms with Crippen LogP contribution in [-0.2, 0) is 9.53 Å². The second-order valence-electron chi connectivity index (χ2n) is 6.65. The average molecular weight is 330 g/mol. The zero-order valence-electron chi connectivity index (χ0n) is 14.2. The van der Waals surface area contributed by atoms with Gasteiger partial charge in [-0.05, 0) is 24.5 Å². The predicted molar refractivity (Wildman–Crippen MR) is 87.6 cm³/mol. The van der Waals surface area contributed by atoms with Gasteiger partial charge in [-0.2, -0.15) is 0 Å². The summed E-state index contributed by atoms with van der Waals surface area (Å²) in [6.07, 6.45) is 0.791. The van der Waals surface area contributed by atoms with Gasteiger partial charge >= 0.3 is 0 Å². The van der Waals surface area contributed by atoms with Crippen molar-refractivity contribution in [3.63, 3.8) is 0 Å². The van der Waals surface area contributed by atoms with Crippen LogP contribution in [0.2, 0.25) is 0 Å². The second-order valence-corrected chi connectivity index (χ2v) is 6.65. The van der Waals surface area contributed by atoms with Crippen molar-refractivity contribution in [3.05, 3.63) is 35.4 Å². The SMILES string of the molecule is COC1CCN(C(=O)C(C(C)C)N2C(=O)c3ccccc3C2=O)C1. The van der Waals surface area contributed by atoms with E-state index in [-0.39, 0.29) is 29.7 Å². The Labute approximate surface area is 141 Å². The molecule has 128 valence electrons. The van der Waals surface area contributed by atoms with E-state index in [0.29, 0.717) is 24.2 Å². The number of amides is 3. The molecular weight excluding hydrogens is 308 g/mol. The van der Waals surface area contributed by atoms with Crippen LogP contribution in [0.1, 0.15) is 41.0 Å². The molecule has 3 rings (SSSR count). The third-order valence-electron chi connectivity index (χ3n) is 4.78. The Kier molecular flexibility index (Phi) is 4.41. The number of carbonyl (C=O) groups excluding carboxylic acids is 3. The Bertz CT molecular complexity index is 650. The fraction of sp³-hybridized carbons (Fsp3) is 0.500. The Morgan fingerprint density at radius 3 is 2.21 bits per heavy atom. The maximum absolute atomic E-state index is 13.0. The Morgan fingerprint density at radius 2 is 1.75 bits per heavy atom. The van der Waals surface area contributed by atoms with Crippen LogP contribution in [0, 0.1) is 5.92 Å². The summed E-state index contributed by atoms with van der Waals surface area (Å²) in [7, 11) is 1.63. The van der Waals surface area contributed by atoms with Crippen LogP contribution < -0.4 is 0 Å². The van der Waals surface area contributed by atoms with Gasteiger partial charge in [0.05, 0.1) is 17.2 Å². The van der Waals surface area contributed by atoms with E-state index in [4.69, 9.17) is 4.74 Å². The lowest BCUT2D eigenvalue weighted by Gasteiger charge is -2.31. The number of benzene rings is 1. The van der Waals surface area contributed by atoms with Crippen LogP contribution in [0.15, 0.2) is 24.3 Å². The molecule has 2 heterocycles. The lowest BCUT2D eigenvalue weighted by atomic mass is 10.0. The molecule has 24 heavy (non-hydrogen) atoms. The molecule has 6 nitrogen and oxygen atoms in total. The van der Waals surface area contributed by atoms with Crippen molar-refractivity contribution >= 4 is 17.7 Å². The Morgan fingerprint density at radius 1 is 1.17 bits per heavy atom. The molecule has 3 amide bonds. The molecule has 2 aliphatic heterocycles. The van der Waals surface area contributed by atoms with E-state index in [1.165, 1.54) is 0 Å². The van der Waals surface area contributed by atoms with Gasteiger partial charge in [-0.3, -0.25) is 19.3 Å². The van der Waals surface area contributed by atoms with Crippen LogP contribution >= 0.6 is 0 Å². The zero-order chi connectivity index (χ0) is 17.4. The van der Waals surface area contributed by atoms with Gasteiger partial charge in [-0.25, -0.2) is 0 Å². The van der Waals surface area contributed by atoms with Crippen molar-refractivity contribution in [1.82, 2.24) is 9.80 Å². The van der Waals surface area contributed by atoms with Gasteiger partial charge in [0.25, 0.3) is 11.8 Å². The molecule has 1 aromatic carbocycles. The minimum atomic E-state index is -0.784. The summed E-state index contributed by atoms with van der Waals surface area (Å²) in [5, 5.41) is 0. The summed E-state index contributed by atoms with van der Waals surface area (Å²) in [5.41, 5.74) is 0.745. The first-order valence-corrected chi connectivity index (χ1v) is 8.24. The average Bonchev–Trinajstić information content (AvgIpc) is 3.14. The molecule has 0 bridgehead atoms. The first kappa shape index (κ1) is 16.6. The lowest BCUT2D eigenvalue weighted by Crippen LogP contribution is -2.53. The molecule has 2 unspecified atom stereocenters. The summed E-state index contributed by atoms with van der Waals surface area (Å²) >= 11 is 0. The van der Waals surface area contributed by atoms with Crippen LogP contribution in [0.5, 0.6) is 0 Å². The number of imide groups is 1. The molecule has 0 radical (unpaired) electrons. The molecule has 0 aliphatic carbocycles. The molecule has 0 saturated carbocycles. The molecule has 2 aliphatic rings. The third kappa shape index (κ3) is 2.60. The monoisotopic (exact) mass is 330 g/mol. The van der Waals surface area contributed by atoms with Gasteiger partial charge in [0.2, 0.25) is 5.91 Å². The number of methoxy groups -OCH3 is 1. The van der Waals surface area contributed by atoms with Crippen molar-refractivity contribution < 1.29 is 19.1 Å². The summed E-state index contributed by atoms with van der Waals surface area (Å²) in [6, 6.07) is 5.93. The molecule has 6 heteroatoms. The minimum absolute atomic E-state index is 0.0175. The summed E-state index contributed by atoms with van der Waals surface area (Å²) < 4.78 is 5.31. The van der Waals surface area contributed by atoms with E-state index >= 15 is 0 Å². The highest BCUT2D eigenvalue weighted by atomic mass is 16.5. The van der Waals surface area contributed by atoms with E-state index < -0.39 is 6.04 Å². The van der Waals surface area contributed by atoms with E-state index in [1.54, 1.807) is 36.3 Å². The number of fused-ring (bicyclic) bond motifs is 1. The van der Waals surface area contributed by atoms with E-state index in [1.807, 2.05) is 13.8 Å². The predicted octanol–water partition coefficient (Wildman–Crippen LogP) is 1.55. The fourth-order valence-corrected chi connectivity index (χ4v) is 3.46.